The number of carbonyl (C=O) groups is 1. The van der Waals surface area contributed by atoms with Crippen LogP contribution in [0.4, 0.5) is 0 Å². The van der Waals surface area contributed by atoms with Crippen molar-refractivity contribution >= 4 is 12.0 Å². The van der Waals surface area contributed by atoms with E-state index in [0.717, 1.165) is 16.7 Å². The van der Waals surface area contributed by atoms with Crippen molar-refractivity contribution in [3.63, 3.8) is 0 Å². The molecule has 1 atom stereocenters. The number of ether oxygens (including phenoxy) is 1. The highest BCUT2D eigenvalue weighted by molar-refractivity contribution is 5.68. The lowest BCUT2D eigenvalue weighted by Gasteiger charge is -2.16. The highest BCUT2D eigenvalue weighted by Gasteiger charge is 2.18. The van der Waals surface area contributed by atoms with Gasteiger partial charge in [0.15, 0.2) is 6.61 Å². The summed E-state index contributed by atoms with van der Waals surface area (Å²) in [5.74, 6) is -0.413. The number of carboxylic acids is 1. The number of pyridine rings is 1. The van der Waals surface area contributed by atoms with Crippen molar-refractivity contribution in [3.05, 3.63) is 120 Å². The second-order valence-electron chi connectivity index (χ2n) is 7.28. The SMILES string of the molecule is O=C(O)COc1cccc(C=CCn2cc(C(c3ccccc3)c3cccnc3)cn2)c1. The Kier molecular flexibility index (Phi) is 6.72. The van der Waals surface area contributed by atoms with Crippen molar-refractivity contribution in [1.82, 2.24) is 14.8 Å². The molecule has 4 rings (SSSR count). The fourth-order valence-electron chi connectivity index (χ4n) is 3.55. The van der Waals surface area contributed by atoms with Gasteiger partial charge in [0.25, 0.3) is 0 Å². The lowest BCUT2D eigenvalue weighted by Crippen LogP contribution is -2.09. The zero-order valence-electron chi connectivity index (χ0n) is 17.4. The maximum absolute atomic E-state index is 10.7. The predicted octanol–water partition coefficient (Wildman–Crippen LogP) is 4.64. The fourth-order valence-corrected chi connectivity index (χ4v) is 3.55. The Bertz CT molecular complexity index is 1150. The summed E-state index contributed by atoms with van der Waals surface area (Å²) < 4.78 is 7.12. The summed E-state index contributed by atoms with van der Waals surface area (Å²) >= 11 is 0. The van der Waals surface area contributed by atoms with Gasteiger partial charge in [0.2, 0.25) is 0 Å². The van der Waals surface area contributed by atoms with Crippen LogP contribution in [-0.4, -0.2) is 32.4 Å². The minimum absolute atomic E-state index is 0.0608. The molecule has 0 amide bonds. The van der Waals surface area contributed by atoms with Gasteiger partial charge < -0.3 is 9.84 Å². The van der Waals surface area contributed by atoms with E-state index in [9.17, 15) is 4.79 Å². The zero-order chi connectivity index (χ0) is 22.2. The number of allylic oxidation sites excluding steroid dienone is 1. The molecule has 6 heteroatoms. The van der Waals surface area contributed by atoms with Crippen molar-refractivity contribution < 1.29 is 14.6 Å². The van der Waals surface area contributed by atoms with Gasteiger partial charge in [0, 0.05) is 30.1 Å². The van der Waals surface area contributed by atoms with E-state index >= 15 is 0 Å². The van der Waals surface area contributed by atoms with Crippen LogP contribution in [0.5, 0.6) is 5.75 Å². The largest absolute Gasteiger partial charge is 0.482 e. The molecule has 0 bridgehead atoms. The Balaban J connectivity index is 1.48. The summed E-state index contributed by atoms with van der Waals surface area (Å²) in [6.07, 6.45) is 11.6. The van der Waals surface area contributed by atoms with E-state index in [1.165, 1.54) is 5.56 Å². The van der Waals surface area contributed by atoms with Gasteiger partial charge in [-0.05, 0) is 34.9 Å². The third-order valence-electron chi connectivity index (χ3n) is 4.96. The van der Waals surface area contributed by atoms with Gasteiger partial charge in [0.1, 0.15) is 5.75 Å². The van der Waals surface area contributed by atoms with Gasteiger partial charge in [-0.25, -0.2) is 4.79 Å². The summed E-state index contributed by atoms with van der Waals surface area (Å²) in [4.78, 5) is 15.0. The molecular formula is C26H23N3O3. The lowest BCUT2D eigenvalue weighted by atomic mass is 9.88. The Hall–Kier alpha value is -4.19. The quantitative estimate of drug-likeness (QED) is 0.423. The van der Waals surface area contributed by atoms with Crippen LogP contribution >= 0.6 is 0 Å². The molecule has 0 aliphatic carbocycles. The summed E-state index contributed by atoms with van der Waals surface area (Å²) in [6.45, 7) is 0.248. The molecule has 160 valence electrons. The van der Waals surface area contributed by atoms with E-state index in [-0.39, 0.29) is 12.5 Å². The Morgan fingerprint density at radius 1 is 1.00 bits per heavy atom. The summed E-state index contributed by atoms with van der Waals surface area (Å²) in [6, 6.07) is 21.7. The van der Waals surface area contributed by atoms with Crippen LogP contribution in [0.15, 0.2) is 97.6 Å². The van der Waals surface area contributed by atoms with Gasteiger partial charge in [-0.2, -0.15) is 5.10 Å². The van der Waals surface area contributed by atoms with E-state index in [0.29, 0.717) is 12.3 Å². The zero-order valence-corrected chi connectivity index (χ0v) is 17.4. The average molecular weight is 425 g/mol. The number of nitrogens with zero attached hydrogens (tertiary/aromatic N) is 3. The van der Waals surface area contributed by atoms with E-state index < -0.39 is 5.97 Å². The molecule has 6 nitrogen and oxygen atoms in total. The van der Waals surface area contributed by atoms with Crippen molar-refractivity contribution in [2.45, 2.75) is 12.5 Å². The average Bonchev–Trinajstić information content (AvgIpc) is 3.28. The summed E-state index contributed by atoms with van der Waals surface area (Å²) in [7, 11) is 0. The number of hydrogen-bond donors (Lipinski definition) is 1. The molecule has 0 radical (unpaired) electrons. The predicted molar refractivity (Wildman–Crippen MR) is 122 cm³/mol. The van der Waals surface area contributed by atoms with E-state index in [1.807, 2.05) is 71.7 Å². The minimum atomic E-state index is -1.000. The molecule has 0 aliphatic rings. The van der Waals surface area contributed by atoms with Gasteiger partial charge in [-0.1, -0.05) is 60.7 Å². The second-order valence-corrected chi connectivity index (χ2v) is 7.28. The summed E-state index contributed by atoms with van der Waals surface area (Å²) in [5.41, 5.74) is 4.33. The van der Waals surface area contributed by atoms with Gasteiger partial charge in [-0.3, -0.25) is 9.67 Å². The topological polar surface area (TPSA) is 77.2 Å². The first kappa shape index (κ1) is 21.1. The maximum atomic E-state index is 10.7. The van der Waals surface area contributed by atoms with Gasteiger partial charge in [0.05, 0.1) is 12.7 Å². The molecule has 0 spiro atoms. The monoisotopic (exact) mass is 425 g/mol. The molecule has 0 saturated carbocycles. The molecule has 2 aromatic heterocycles. The molecule has 2 heterocycles. The van der Waals surface area contributed by atoms with E-state index in [4.69, 9.17) is 9.84 Å². The third-order valence-corrected chi connectivity index (χ3v) is 4.96. The molecule has 0 saturated heterocycles. The normalized spacial score (nSPS) is 12.0. The van der Waals surface area contributed by atoms with E-state index in [2.05, 4.69) is 34.5 Å². The standard InChI is InChI=1S/C26H23N3O3/c30-25(31)19-32-24-12-4-7-20(15-24)8-6-14-29-18-23(17-28-29)26(21-9-2-1-3-10-21)22-11-5-13-27-16-22/h1-13,15-18,26H,14,19H2,(H,30,31). The molecule has 4 aromatic rings. The summed E-state index contributed by atoms with van der Waals surface area (Å²) in [5, 5.41) is 13.3. The molecule has 32 heavy (non-hydrogen) atoms. The number of aromatic nitrogens is 3. The first-order chi connectivity index (χ1) is 15.7. The minimum Gasteiger partial charge on any atom is -0.482 e. The molecular weight excluding hydrogens is 402 g/mol. The molecule has 2 aromatic carbocycles. The lowest BCUT2D eigenvalue weighted by molar-refractivity contribution is -0.139. The molecule has 0 fully saturated rings. The highest BCUT2D eigenvalue weighted by atomic mass is 16.5. The van der Waals surface area contributed by atoms with E-state index in [1.54, 1.807) is 12.3 Å². The number of aliphatic carboxylic acids is 1. The van der Waals surface area contributed by atoms with Crippen LogP contribution < -0.4 is 4.74 Å². The number of benzene rings is 2. The second kappa shape index (κ2) is 10.2. The number of hydrogen-bond acceptors (Lipinski definition) is 4. The first-order valence-electron chi connectivity index (χ1n) is 10.3. The highest BCUT2D eigenvalue weighted by Crippen LogP contribution is 2.31. The fraction of sp³-hybridized carbons (Fsp3) is 0.115. The van der Waals surface area contributed by atoms with Crippen LogP contribution in [0.3, 0.4) is 0 Å². The van der Waals surface area contributed by atoms with Crippen LogP contribution in [0, 0.1) is 0 Å². The maximum Gasteiger partial charge on any atom is 0.341 e. The third kappa shape index (κ3) is 5.49. The number of rotatable bonds is 9. The van der Waals surface area contributed by atoms with Crippen LogP contribution in [-0.2, 0) is 11.3 Å². The van der Waals surface area contributed by atoms with Crippen LogP contribution in [0.1, 0.15) is 28.2 Å². The molecule has 1 N–H and O–H groups in total. The molecule has 1 unspecified atom stereocenters. The number of carboxylic acid groups (broad SMARTS) is 1. The van der Waals surface area contributed by atoms with Gasteiger partial charge in [-0.15, -0.1) is 0 Å². The Morgan fingerprint density at radius 2 is 1.84 bits per heavy atom. The van der Waals surface area contributed by atoms with Gasteiger partial charge >= 0.3 is 5.97 Å². The van der Waals surface area contributed by atoms with Crippen molar-refractivity contribution in [1.29, 1.82) is 0 Å². The Labute approximate surface area is 186 Å². The van der Waals surface area contributed by atoms with Crippen LogP contribution in [0.2, 0.25) is 0 Å². The Morgan fingerprint density at radius 3 is 2.62 bits per heavy atom. The smallest absolute Gasteiger partial charge is 0.341 e. The van der Waals surface area contributed by atoms with Crippen molar-refractivity contribution in [2.24, 2.45) is 0 Å². The van der Waals surface area contributed by atoms with Crippen molar-refractivity contribution in [2.75, 3.05) is 6.61 Å². The first-order valence-corrected chi connectivity index (χ1v) is 10.3. The van der Waals surface area contributed by atoms with Crippen LogP contribution in [0.25, 0.3) is 6.08 Å². The van der Waals surface area contributed by atoms with Crippen molar-refractivity contribution in [3.8, 4) is 5.75 Å². The molecule has 0 aliphatic heterocycles.